The summed E-state index contributed by atoms with van der Waals surface area (Å²) in [6, 6.07) is 5.48. The number of halogens is 3. The molecule has 0 radical (unpaired) electrons. The fraction of sp³-hybridized carbons (Fsp3) is 0.526. The molecule has 1 aliphatic heterocycles. The van der Waals surface area contributed by atoms with Gasteiger partial charge in [0.2, 0.25) is 0 Å². The van der Waals surface area contributed by atoms with Gasteiger partial charge >= 0.3 is 6.36 Å². The molecule has 0 spiro atoms. The van der Waals surface area contributed by atoms with Crippen LogP contribution in [0.4, 0.5) is 13.2 Å². The molecule has 1 amide bonds. The van der Waals surface area contributed by atoms with Gasteiger partial charge in [0.15, 0.2) is 6.61 Å². The van der Waals surface area contributed by atoms with Gasteiger partial charge in [-0.25, -0.2) is 0 Å². The number of rotatable bonds is 7. The monoisotopic (exact) mass is 416 g/mol. The Balaban J connectivity index is 1.39. The van der Waals surface area contributed by atoms with Gasteiger partial charge in [0.25, 0.3) is 5.91 Å². The molecule has 0 saturated heterocycles. The molecule has 1 saturated carbocycles. The van der Waals surface area contributed by atoms with Crippen LogP contribution in [0, 0.1) is 0 Å². The Kier molecular flexibility index (Phi) is 6.98. The first-order valence-corrected chi connectivity index (χ1v) is 10.2. The number of hydrogen-bond donors (Lipinski definition) is 1. The lowest BCUT2D eigenvalue weighted by molar-refractivity contribution is -0.274. The second-order valence-electron chi connectivity index (χ2n) is 6.73. The first kappa shape index (κ1) is 20.7. The Morgan fingerprint density at radius 3 is 2.50 bits per heavy atom. The predicted molar refractivity (Wildman–Crippen MR) is 101 cm³/mol. The lowest BCUT2D eigenvalue weighted by Gasteiger charge is -2.35. The highest BCUT2D eigenvalue weighted by molar-refractivity contribution is 8.02. The highest BCUT2D eigenvalue weighted by atomic mass is 32.2. The molecule has 1 unspecified atom stereocenters. The van der Waals surface area contributed by atoms with E-state index < -0.39 is 6.36 Å². The van der Waals surface area contributed by atoms with Crippen LogP contribution in [0.25, 0.3) is 0 Å². The third kappa shape index (κ3) is 6.25. The minimum atomic E-state index is -4.74. The first-order valence-electron chi connectivity index (χ1n) is 9.25. The van der Waals surface area contributed by atoms with Crippen LogP contribution < -0.4 is 14.8 Å². The number of nitrogens with zero attached hydrogens (tertiary/aromatic N) is 1. The maximum atomic E-state index is 12.1. The Labute approximate surface area is 166 Å². The second-order valence-corrected chi connectivity index (χ2v) is 7.82. The van der Waals surface area contributed by atoms with Gasteiger partial charge in [0.05, 0.1) is 5.37 Å². The molecule has 28 heavy (non-hydrogen) atoms. The Bertz CT molecular complexity index is 676. The second kappa shape index (κ2) is 9.45. The normalized spacial score (nSPS) is 20.2. The standard InChI is InChI=1S/C19H23F3N2O3S/c20-19(21,22)27-16-8-6-15(7-9-16)26-13-17(25)23-12-18-24(10-11-28-18)14-4-2-1-3-5-14/h6-11,14,18H,1-5,12-13H2,(H,23,25). The molecular formula is C19H23F3N2O3S. The van der Waals surface area contributed by atoms with Crippen molar-refractivity contribution in [2.75, 3.05) is 13.2 Å². The molecule has 1 aromatic carbocycles. The zero-order valence-electron chi connectivity index (χ0n) is 15.3. The van der Waals surface area contributed by atoms with Crippen molar-refractivity contribution in [1.82, 2.24) is 10.2 Å². The van der Waals surface area contributed by atoms with E-state index in [2.05, 4.69) is 26.6 Å². The minimum Gasteiger partial charge on any atom is -0.484 e. The third-order valence-corrected chi connectivity index (χ3v) is 5.70. The number of ether oxygens (including phenoxy) is 2. The fourth-order valence-electron chi connectivity index (χ4n) is 3.39. The first-order chi connectivity index (χ1) is 13.4. The number of alkyl halides is 3. The molecule has 5 nitrogen and oxygen atoms in total. The number of nitrogens with one attached hydrogen (secondary N) is 1. The summed E-state index contributed by atoms with van der Waals surface area (Å²) >= 11 is 1.69. The minimum absolute atomic E-state index is 0.186. The van der Waals surface area contributed by atoms with Crippen molar-refractivity contribution in [3.63, 3.8) is 0 Å². The number of carbonyl (C=O) groups is 1. The highest BCUT2D eigenvalue weighted by Gasteiger charge is 2.31. The molecule has 1 heterocycles. The maximum Gasteiger partial charge on any atom is 0.573 e. The van der Waals surface area contributed by atoms with Crippen molar-refractivity contribution in [2.24, 2.45) is 0 Å². The van der Waals surface area contributed by atoms with Crippen LogP contribution in [-0.2, 0) is 4.79 Å². The molecule has 1 aromatic rings. The van der Waals surface area contributed by atoms with Gasteiger partial charge < -0.3 is 19.7 Å². The number of hydrogen-bond acceptors (Lipinski definition) is 5. The van der Waals surface area contributed by atoms with Crippen molar-refractivity contribution in [3.05, 3.63) is 35.9 Å². The number of benzene rings is 1. The van der Waals surface area contributed by atoms with Crippen molar-refractivity contribution in [3.8, 4) is 11.5 Å². The van der Waals surface area contributed by atoms with Crippen molar-refractivity contribution in [2.45, 2.75) is 49.9 Å². The molecule has 0 aromatic heterocycles. The molecular weight excluding hydrogens is 393 g/mol. The van der Waals surface area contributed by atoms with E-state index in [4.69, 9.17) is 4.74 Å². The molecule has 9 heteroatoms. The van der Waals surface area contributed by atoms with Crippen LogP contribution in [-0.4, -0.2) is 41.7 Å². The maximum absolute atomic E-state index is 12.1. The van der Waals surface area contributed by atoms with Gasteiger partial charge in [0, 0.05) is 18.8 Å². The van der Waals surface area contributed by atoms with E-state index in [-0.39, 0.29) is 23.6 Å². The molecule has 1 aliphatic carbocycles. The molecule has 1 N–H and O–H groups in total. The topological polar surface area (TPSA) is 50.8 Å². The van der Waals surface area contributed by atoms with Gasteiger partial charge in [-0.05, 0) is 42.5 Å². The SMILES string of the molecule is O=C(COc1ccc(OC(F)(F)F)cc1)NCC1SC=CN1C1CCCCC1. The average Bonchev–Trinajstić information content (AvgIpc) is 3.14. The Morgan fingerprint density at radius 1 is 1.14 bits per heavy atom. The number of carbonyl (C=O) groups excluding carboxylic acids is 1. The summed E-state index contributed by atoms with van der Waals surface area (Å²) < 4.78 is 45.5. The lowest BCUT2D eigenvalue weighted by Crippen LogP contribution is -2.44. The zero-order valence-corrected chi connectivity index (χ0v) is 16.1. The van der Waals surface area contributed by atoms with Crippen LogP contribution in [0.2, 0.25) is 0 Å². The fourth-order valence-corrected chi connectivity index (χ4v) is 4.35. The van der Waals surface area contributed by atoms with Crippen molar-refractivity contribution < 1.29 is 27.4 Å². The molecule has 1 fully saturated rings. The number of amides is 1. The quantitative estimate of drug-likeness (QED) is 0.720. The smallest absolute Gasteiger partial charge is 0.484 e. The molecule has 2 aliphatic rings. The molecule has 154 valence electrons. The predicted octanol–water partition coefficient (Wildman–Crippen LogP) is 4.26. The van der Waals surface area contributed by atoms with E-state index in [0.29, 0.717) is 18.3 Å². The highest BCUT2D eigenvalue weighted by Crippen LogP contribution is 2.32. The van der Waals surface area contributed by atoms with Crippen molar-refractivity contribution in [1.29, 1.82) is 0 Å². The summed E-state index contributed by atoms with van der Waals surface area (Å²) in [5.74, 6) is -0.310. The van der Waals surface area contributed by atoms with E-state index in [0.717, 1.165) is 12.1 Å². The zero-order chi connectivity index (χ0) is 20.0. The van der Waals surface area contributed by atoms with Crippen LogP contribution in [0.15, 0.2) is 35.9 Å². The Morgan fingerprint density at radius 2 is 1.82 bits per heavy atom. The van der Waals surface area contributed by atoms with Gasteiger partial charge in [0.1, 0.15) is 11.5 Å². The van der Waals surface area contributed by atoms with Crippen LogP contribution >= 0.6 is 11.8 Å². The van der Waals surface area contributed by atoms with Crippen LogP contribution in [0.1, 0.15) is 32.1 Å². The molecule has 1 atom stereocenters. The summed E-state index contributed by atoms with van der Waals surface area (Å²) in [7, 11) is 0. The summed E-state index contributed by atoms with van der Waals surface area (Å²) in [6.45, 7) is 0.308. The van der Waals surface area contributed by atoms with Gasteiger partial charge in [-0.15, -0.1) is 24.9 Å². The number of thioether (sulfide) groups is 1. The summed E-state index contributed by atoms with van der Waals surface area (Å²) in [5, 5.41) is 5.11. The largest absolute Gasteiger partial charge is 0.573 e. The summed E-state index contributed by atoms with van der Waals surface area (Å²) in [4.78, 5) is 14.4. The van der Waals surface area contributed by atoms with Gasteiger partial charge in [-0.2, -0.15) is 0 Å². The Hall–Kier alpha value is -2.03. The van der Waals surface area contributed by atoms with E-state index in [1.807, 2.05) is 0 Å². The van der Waals surface area contributed by atoms with Crippen LogP contribution in [0.3, 0.4) is 0 Å². The lowest BCUT2D eigenvalue weighted by atomic mass is 9.94. The molecule has 3 rings (SSSR count). The summed E-state index contributed by atoms with van der Waals surface area (Å²) in [6.07, 6.45) is 3.54. The van der Waals surface area contributed by atoms with Crippen LogP contribution in [0.5, 0.6) is 11.5 Å². The van der Waals surface area contributed by atoms with Gasteiger partial charge in [-0.1, -0.05) is 19.3 Å². The summed E-state index contributed by atoms with van der Waals surface area (Å²) in [5.41, 5.74) is 0. The van der Waals surface area contributed by atoms with E-state index >= 15 is 0 Å². The van der Waals surface area contributed by atoms with E-state index in [1.54, 1.807) is 11.8 Å². The average molecular weight is 416 g/mol. The molecule has 0 bridgehead atoms. The van der Waals surface area contributed by atoms with Crippen molar-refractivity contribution >= 4 is 17.7 Å². The van der Waals surface area contributed by atoms with E-state index in [9.17, 15) is 18.0 Å². The van der Waals surface area contributed by atoms with Gasteiger partial charge in [-0.3, -0.25) is 4.79 Å². The van der Waals surface area contributed by atoms with E-state index in [1.165, 1.54) is 44.2 Å². The third-order valence-electron chi connectivity index (χ3n) is 4.70.